The Morgan fingerprint density at radius 2 is 1.86 bits per heavy atom. The predicted octanol–water partition coefficient (Wildman–Crippen LogP) is 3.59. The van der Waals surface area contributed by atoms with Crippen LogP contribution in [0.15, 0.2) is 42.7 Å². The number of rotatable bonds is 4. The van der Waals surface area contributed by atoms with Crippen molar-refractivity contribution in [3.05, 3.63) is 64.0 Å². The summed E-state index contributed by atoms with van der Waals surface area (Å²) in [5.74, 6) is 0.00916. The molecule has 0 spiro atoms. The van der Waals surface area contributed by atoms with Crippen LogP contribution in [-0.4, -0.2) is 9.91 Å². The summed E-state index contributed by atoms with van der Waals surface area (Å²) in [4.78, 5) is 13.7. The predicted molar refractivity (Wildman–Crippen MR) is 66.7 cm³/mol. The number of nitrogens with zero attached hydrogens (tertiary/aromatic N) is 2. The Morgan fingerprint density at radius 3 is 2.43 bits per heavy atom. The summed E-state index contributed by atoms with van der Waals surface area (Å²) in [5.41, 5.74) is -0.598. The summed E-state index contributed by atoms with van der Waals surface area (Å²) >= 11 is 0. The molecule has 0 unspecified atom stereocenters. The molecule has 0 aliphatic heterocycles. The van der Waals surface area contributed by atoms with E-state index in [1.54, 1.807) is 0 Å². The molecule has 0 N–H and O–H groups in total. The third-order valence-corrected chi connectivity index (χ3v) is 2.63. The first-order chi connectivity index (χ1) is 9.88. The molecule has 0 saturated heterocycles. The molecule has 1 aromatic carbocycles. The van der Waals surface area contributed by atoms with E-state index >= 15 is 0 Å². The largest absolute Gasteiger partial charge is 0.482 e. The van der Waals surface area contributed by atoms with E-state index in [4.69, 9.17) is 4.74 Å². The van der Waals surface area contributed by atoms with E-state index < -0.39 is 16.7 Å². The first kappa shape index (κ1) is 14.8. The average molecular weight is 298 g/mol. The van der Waals surface area contributed by atoms with Gasteiger partial charge >= 0.3 is 11.9 Å². The molecule has 21 heavy (non-hydrogen) atoms. The van der Waals surface area contributed by atoms with E-state index in [0.29, 0.717) is 5.56 Å². The Hall–Kier alpha value is -2.64. The lowest BCUT2D eigenvalue weighted by Crippen LogP contribution is -2.05. The van der Waals surface area contributed by atoms with Crippen molar-refractivity contribution in [2.45, 2.75) is 12.8 Å². The number of aromatic nitrogens is 1. The maximum Gasteiger partial charge on any atom is 0.416 e. The molecule has 0 radical (unpaired) electrons. The second-order valence-electron chi connectivity index (χ2n) is 4.08. The van der Waals surface area contributed by atoms with Crippen molar-refractivity contribution in [3.8, 4) is 5.75 Å². The lowest BCUT2D eigenvalue weighted by molar-refractivity contribution is -0.386. The van der Waals surface area contributed by atoms with Gasteiger partial charge in [-0.1, -0.05) is 12.1 Å². The standard InChI is InChI=1S/C13H9F3N2O3/c14-13(15,16)10-3-1-9(2-4-10)8-21-12-5-6-17-7-11(12)18(19)20/h1-7H,8H2. The number of alkyl halides is 3. The van der Waals surface area contributed by atoms with Crippen molar-refractivity contribution in [3.63, 3.8) is 0 Å². The molecule has 5 nitrogen and oxygen atoms in total. The maximum absolute atomic E-state index is 12.4. The van der Waals surface area contributed by atoms with Crippen LogP contribution in [-0.2, 0) is 12.8 Å². The second-order valence-corrected chi connectivity index (χ2v) is 4.08. The highest BCUT2D eigenvalue weighted by Gasteiger charge is 2.29. The average Bonchev–Trinajstić information content (AvgIpc) is 2.45. The van der Waals surface area contributed by atoms with Gasteiger partial charge in [-0.05, 0) is 17.7 Å². The van der Waals surface area contributed by atoms with E-state index in [1.807, 2.05) is 0 Å². The normalized spacial score (nSPS) is 11.2. The SMILES string of the molecule is O=[N+]([O-])c1cnccc1OCc1ccc(C(F)(F)F)cc1. The highest BCUT2D eigenvalue weighted by atomic mass is 19.4. The van der Waals surface area contributed by atoms with Crippen molar-refractivity contribution in [1.29, 1.82) is 0 Å². The second kappa shape index (κ2) is 5.78. The molecule has 0 aliphatic rings. The van der Waals surface area contributed by atoms with E-state index in [2.05, 4.69) is 4.98 Å². The fourth-order valence-corrected chi connectivity index (χ4v) is 1.58. The van der Waals surface area contributed by atoms with Gasteiger partial charge < -0.3 is 4.74 Å². The van der Waals surface area contributed by atoms with Gasteiger partial charge in [-0.3, -0.25) is 15.1 Å². The molecule has 0 bridgehead atoms. The quantitative estimate of drug-likeness (QED) is 0.639. The molecule has 2 aromatic rings. The Labute approximate surface area is 117 Å². The van der Waals surface area contributed by atoms with Crippen LogP contribution >= 0.6 is 0 Å². The zero-order valence-electron chi connectivity index (χ0n) is 10.5. The van der Waals surface area contributed by atoms with Crippen molar-refractivity contribution < 1.29 is 22.8 Å². The van der Waals surface area contributed by atoms with Gasteiger partial charge in [-0.25, -0.2) is 0 Å². The van der Waals surface area contributed by atoms with Crippen LogP contribution in [0, 0.1) is 10.1 Å². The van der Waals surface area contributed by atoms with Crippen LogP contribution in [0.5, 0.6) is 5.75 Å². The monoisotopic (exact) mass is 298 g/mol. The molecular formula is C13H9F3N2O3. The molecule has 1 aromatic heterocycles. The molecule has 0 saturated carbocycles. The van der Waals surface area contributed by atoms with Crippen molar-refractivity contribution in [1.82, 2.24) is 4.98 Å². The topological polar surface area (TPSA) is 65.3 Å². The van der Waals surface area contributed by atoms with Crippen LogP contribution in [0.1, 0.15) is 11.1 Å². The van der Waals surface area contributed by atoms with Gasteiger partial charge in [0.15, 0.2) is 0 Å². The van der Waals surface area contributed by atoms with E-state index in [9.17, 15) is 23.3 Å². The summed E-state index contributed by atoms with van der Waals surface area (Å²) < 4.78 is 42.4. The highest BCUT2D eigenvalue weighted by molar-refractivity contribution is 5.43. The molecule has 2 rings (SSSR count). The Morgan fingerprint density at radius 1 is 1.19 bits per heavy atom. The fraction of sp³-hybridized carbons (Fsp3) is 0.154. The van der Waals surface area contributed by atoms with Gasteiger partial charge in [-0.2, -0.15) is 13.2 Å². The van der Waals surface area contributed by atoms with Crippen molar-refractivity contribution in [2.75, 3.05) is 0 Å². The van der Waals surface area contributed by atoms with Crippen molar-refractivity contribution >= 4 is 5.69 Å². The fourth-order valence-electron chi connectivity index (χ4n) is 1.58. The zero-order valence-corrected chi connectivity index (χ0v) is 10.5. The van der Waals surface area contributed by atoms with Gasteiger partial charge in [0, 0.05) is 12.3 Å². The maximum atomic E-state index is 12.4. The van der Waals surface area contributed by atoms with Gasteiger partial charge in [0.1, 0.15) is 12.8 Å². The number of hydrogen-bond donors (Lipinski definition) is 0. The van der Waals surface area contributed by atoms with E-state index in [0.717, 1.165) is 18.3 Å². The number of halogens is 3. The number of pyridine rings is 1. The summed E-state index contributed by atoms with van der Waals surface area (Å²) in [6.07, 6.45) is -2.03. The first-order valence-corrected chi connectivity index (χ1v) is 5.75. The van der Waals surface area contributed by atoms with E-state index in [1.165, 1.54) is 24.4 Å². The highest BCUT2D eigenvalue weighted by Crippen LogP contribution is 2.29. The van der Waals surface area contributed by atoms with Crippen molar-refractivity contribution in [2.24, 2.45) is 0 Å². The lowest BCUT2D eigenvalue weighted by atomic mass is 10.1. The van der Waals surface area contributed by atoms with Crippen LogP contribution in [0.4, 0.5) is 18.9 Å². The molecule has 0 fully saturated rings. The molecule has 0 aliphatic carbocycles. The molecule has 1 heterocycles. The number of benzene rings is 1. The zero-order chi connectivity index (χ0) is 15.5. The number of hydrogen-bond acceptors (Lipinski definition) is 4. The van der Waals surface area contributed by atoms with Crippen LogP contribution < -0.4 is 4.74 Å². The Bertz CT molecular complexity index is 642. The molecule has 0 atom stereocenters. The summed E-state index contributed by atoms with van der Waals surface area (Å²) in [5, 5.41) is 10.7. The number of nitro groups is 1. The van der Waals surface area contributed by atoms with E-state index in [-0.39, 0.29) is 18.0 Å². The lowest BCUT2D eigenvalue weighted by Gasteiger charge is -2.09. The van der Waals surface area contributed by atoms with Crippen LogP contribution in [0.2, 0.25) is 0 Å². The Balaban J connectivity index is 2.09. The third kappa shape index (κ3) is 3.68. The number of ether oxygens (including phenoxy) is 1. The van der Waals surface area contributed by atoms with Gasteiger partial charge in [-0.15, -0.1) is 0 Å². The van der Waals surface area contributed by atoms with Crippen LogP contribution in [0.3, 0.4) is 0 Å². The summed E-state index contributed by atoms with van der Waals surface area (Å²) in [7, 11) is 0. The van der Waals surface area contributed by atoms with Gasteiger partial charge in [0.2, 0.25) is 5.75 Å². The Kier molecular flexibility index (Phi) is 4.06. The minimum atomic E-state index is -4.40. The smallest absolute Gasteiger partial charge is 0.416 e. The summed E-state index contributed by atoms with van der Waals surface area (Å²) in [6.45, 7) is -0.0804. The minimum Gasteiger partial charge on any atom is -0.482 e. The molecular weight excluding hydrogens is 289 g/mol. The third-order valence-electron chi connectivity index (χ3n) is 2.63. The van der Waals surface area contributed by atoms with Crippen LogP contribution in [0.25, 0.3) is 0 Å². The minimum absolute atomic E-state index is 0.00916. The molecule has 0 amide bonds. The molecule has 8 heteroatoms. The summed E-state index contributed by atoms with van der Waals surface area (Å²) in [6, 6.07) is 5.70. The van der Waals surface area contributed by atoms with Gasteiger partial charge in [0.05, 0.1) is 10.5 Å². The molecule has 110 valence electrons. The van der Waals surface area contributed by atoms with Gasteiger partial charge in [0.25, 0.3) is 0 Å². The first-order valence-electron chi connectivity index (χ1n) is 5.75.